The topological polar surface area (TPSA) is 29.5 Å². The molecule has 3 heteroatoms. The fraction of sp³-hybridized carbons (Fsp3) is 0.938. The van der Waals surface area contributed by atoms with Crippen LogP contribution in [0.1, 0.15) is 38.5 Å². The molecular formula is C16H25NO2. The molecule has 1 aliphatic heterocycles. The fourth-order valence-electron chi connectivity index (χ4n) is 5.58. The number of ketones is 1. The molecule has 0 unspecified atom stereocenters. The average Bonchev–Trinajstić information content (AvgIpc) is 2.38. The summed E-state index contributed by atoms with van der Waals surface area (Å²) in [6.07, 6.45) is 7.89. The molecule has 3 nitrogen and oxygen atoms in total. The molecule has 5 aliphatic rings. The number of morpholine rings is 1. The van der Waals surface area contributed by atoms with Crippen molar-refractivity contribution >= 4 is 5.78 Å². The number of ether oxygens (including phenoxy) is 1. The van der Waals surface area contributed by atoms with E-state index in [4.69, 9.17) is 4.74 Å². The van der Waals surface area contributed by atoms with Crippen molar-refractivity contribution in [2.45, 2.75) is 38.5 Å². The number of Topliss-reactive ketones (excluding diaryl/α,β-unsaturated/α-hetero) is 1. The van der Waals surface area contributed by atoms with E-state index in [1.807, 2.05) is 0 Å². The van der Waals surface area contributed by atoms with Gasteiger partial charge < -0.3 is 4.74 Å². The molecule has 4 saturated carbocycles. The molecule has 19 heavy (non-hydrogen) atoms. The summed E-state index contributed by atoms with van der Waals surface area (Å²) in [4.78, 5) is 15.2. The average molecular weight is 263 g/mol. The summed E-state index contributed by atoms with van der Waals surface area (Å²) in [5, 5.41) is 0. The van der Waals surface area contributed by atoms with Gasteiger partial charge in [0.1, 0.15) is 0 Å². The van der Waals surface area contributed by atoms with Gasteiger partial charge in [-0.2, -0.15) is 0 Å². The summed E-state index contributed by atoms with van der Waals surface area (Å²) < 4.78 is 5.38. The zero-order valence-electron chi connectivity index (χ0n) is 11.8. The Morgan fingerprint density at radius 2 is 1.53 bits per heavy atom. The van der Waals surface area contributed by atoms with Crippen LogP contribution in [0.4, 0.5) is 0 Å². The molecular weight excluding hydrogens is 238 g/mol. The molecule has 4 bridgehead atoms. The molecule has 5 fully saturated rings. The quantitative estimate of drug-likeness (QED) is 0.781. The Kier molecular flexibility index (Phi) is 2.96. The second-order valence-corrected chi connectivity index (χ2v) is 7.51. The van der Waals surface area contributed by atoms with E-state index in [0.717, 1.165) is 44.1 Å². The van der Waals surface area contributed by atoms with E-state index in [1.165, 1.54) is 38.5 Å². The Balaban J connectivity index is 1.47. The lowest BCUT2D eigenvalue weighted by Gasteiger charge is -2.56. The lowest BCUT2D eigenvalue weighted by atomic mass is 9.48. The Hall–Kier alpha value is -0.410. The summed E-state index contributed by atoms with van der Waals surface area (Å²) >= 11 is 0. The monoisotopic (exact) mass is 263 g/mol. The van der Waals surface area contributed by atoms with Gasteiger partial charge in [0.15, 0.2) is 5.78 Å². The molecule has 106 valence electrons. The number of carbonyl (C=O) groups is 1. The molecule has 0 N–H and O–H groups in total. The number of hydrogen-bond acceptors (Lipinski definition) is 3. The fourth-order valence-corrected chi connectivity index (χ4v) is 5.58. The van der Waals surface area contributed by atoms with Crippen LogP contribution < -0.4 is 0 Å². The molecule has 1 saturated heterocycles. The lowest BCUT2D eigenvalue weighted by molar-refractivity contribution is -0.145. The van der Waals surface area contributed by atoms with Crippen LogP contribution in [0.5, 0.6) is 0 Å². The van der Waals surface area contributed by atoms with Crippen LogP contribution >= 0.6 is 0 Å². The highest BCUT2D eigenvalue weighted by atomic mass is 16.5. The van der Waals surface area contributed by atoms with Crippen molar-refractivity contribution in [3.8, 4) is 0 Å². The minimum Gasteiger partial charge on any atom is -0.379 e. The van der Waals surface area contributed by atoms with E-state index in [2.05, 4.69) is 4.90 Å². The van der Waals surface area contributed by atoms with Crippen molar-refractivity contribution in [2.24, 2.45) is 23.2 Å². The Morgan fingerprint density at radius 3 is 2.05 bits per heavy atom. The van der Waals surface area contributed by atoms with Crippen molar-refractivity contribution in [3.63, 3.8) is 0 Å². The van der Waals surface area contributed by atoms with Gasteiger partial charge in [0.25, 0.3) is 0 Å². The van der Waals surface area contributed by atoms with E-state index in [1.54, 1.807) is 0 Å². The maximum atomic E-state index is 12.9. The van der Waals surface area contributed by atoms with Crippen LogP contribution in [-0.2, 0) is 9.53 Å². The number of hydrogen-bond donors (Lipinski definition) is 0. The van der Waals surface area contributed by atoms with Gasteiger partial charge in [-0.25, -0.2) is 0 Å². The van der Waals surface area contributed by atoms with Gasteiger partial charge in [-0.3, -0.25) is 9.69 Å². The van der Waals surface area contributed by atoms with E-state index in [9.17, 15) is 4.79 Å². The highest BCUT2D eigenvalue weighted by Crippen LogP contribution is 2.60. The standard InChI is InChI=1S/C16H25NO2/c18-15(11-17-1-3-19-4-2-17)16-8-12-5-13(9-16)7-14(6-12)10-16/h12-14H,1-11H2. The van der Waals surface area contributed by atoms with Crippen LogP contribution in [0.2, 0.25) is 0 Å². The van der Waals surface area contributed by atoms with Gasteiger partial charge in [-0.15, -0.1) is 0 Å². The highest BCUT2D eigenvalue weighted by Gasteiger charge is 2.54. The molecule has 0 aromatic heterocycles. The third kappa shape index (κ3) is 2.15. The molecule has 0 aromatic rings. The first-order chi connectivity index (χ1) is 9.23. The van der Waals surface area contributed by atoms with E-state index < -0.39 is 0 Å². The second kappa shape index (κ2) is 4.56. The maximum absolute atomic E-state index is 12.9. The highest BCUT2D eigenvalue weighted by molar-refractivity contribution is 5.87. The summed E-state index contributed by atoms with van der Waals surface area (Å²) in [6.45, 7) is 4.17. The first-order valence-electron chi connectivity index (χ1n) is 8.07. The predicted octanol–water partition coefficient (Wildman–Crippen LogP) is 2.10. The first-order valence-corrected chi connectivity index (χ1v) is 8.07. The summed E-state index contributed by atoms with van der Waals surface area (Å²) in [5.74, 6) is 3.19. The third-order valence-electron chi connectivity index (χ3n) is 6.10. The van der Waals surface area contributed by atoms with Crippen molar-refractivity contribution < 1.29 is 9.53 Å². The summed E-state index contributed by atoms with van der Waals surface area (Å²) in [6, 6.07) is 0. The van der Waals surface area contributed by atoms with Gasteiger partial charge in [0, 0.05) is 18.5 Å². The summed E-state index contributed by atoms with van der Waals surface area (Å²) in [7, 11) is 0. The van der Waals surface area contributed by atoms with Gasteiger partial charge in [-0.05, 0) is 56.3 Å². The van der Waals surface area contributed by atoms with Crippen LogP contribution in [-0.4, -0.2) is 43.5 Å². The van der Waals surface area contributed by atoms with Crippen molar-refractivity contribution in [3.05, 3.63) is 0 Å². The van der Waals surface area contributed by atoms with Crippen molar-refractivity contribution in [2.75, 3.05) is 32.8 Å². The Labute approximate surface area is 115 Å². The number of carbonyl (C=O) groups excluding carboxylic acids is 1. The molecule has 1 heterocycles. The zero-order chi connectivity index (χ0) is 12.9. The minimum absolute atomic E-state index is 0.0903. The normalized spacial score (nSPS) is 45.6. The molecule has 0 aromatic carbocycles. The number of nitrogens with zero attached hydrogens (tertiary/aromatic N) is 1. The first kappa shape index (κ1) is 12.3. The molecule has 0 radical (unpaired) electrons. The van der Waals surface area contributed by atoms with Gasteiger partial charge in [0.05, 0.1) is 19.8 Å². The van der Waals surface area contributed by atoms with Gasteiger partial charge >= 0.3 is 0 Å². The van der Waals surface area contributed by atoms with Crippen LogP contribution in [0.15, 0.2) is 0 Å². The second-order valence-electron chi connectivity index (χ2n) is 7.51. The third-order valence-corrected chi connectivity index (χ3v) is 6.10. The minimum atomic E-state index is 0.0903. The maximum Gasteiger partial charge on any atom is 0.152 e. The molecule has 5 rings (SSSR count). The Morgan fingerprint density at radius 1 is 1.00 bits per heavy atom. The van der Waals surface area contributed by atoms with Crippen LogP contribution in [0, 0.1) is 23.2 Å². The van der Waals surface area contributed by atoms with Crippen molar-refractivity contribution in [1.82, 2.24) is 4.90 Å². The van der Waals surface area contributed by atoms with Crippen LogP contribution in [0.25, 0.3) is 0 Å². The molecule has 0 amide bonds. The number of rotatable bonds is 3. The van der Waals surface area contributed by atoms with Crippen molar-refractivity contribution in [1.29, 1.82) is 0 Å². The van der Waals surface area contributed by atoms with E-state index in [-0.39, 0.29) is 5.41 Å². The predicted molar refractivity (Wildman–Crippen MR) is 72.9 cm³/mol. The van der Waals surface area contributed by atoms with E-state index >= 15 is 0 Å². The Bertz CT molecular complexity index is 338. The SMILES string of the molecule is O=C(CN1CCOCC1)C12CC3CC(CC(C3)C1)C2. The van der Waals surface area contributed by atoms with E-state index in [0.29, 0.717) is 12.3 Å². The largest absolute Gasteiger partial charge is 0.379 e. The van der Waals surface area contributed by atoms with Gasteiger partial charge in [0.2, 0.25) is 0 Å². The van der Waals surface area contributed by atoms with Crippen LogP contribution in [0.3, 0.4) is 0 Å². The molecule has 4 aliphatic carbocycles. The lowest BCUT2D eigenvalue weighted by Crippen LogP contribution is -2.53. The molecule has 0 spiro atoms. The zero-order valence-corrected chi connectivity index (χ0v) is 11.8. The summed E-state index contributed by atoms with van der Waals surface area (Å²) in [5.41, 5.74) is 0.0903. The molecule has 0 atom stereocenters. The smallest absolute Gasteiger partial charge is 0.152 e. The van der Waals surface area contributed by atoms with Gasteiger partial charge in [-0.1, -0.05) is 0 Å².